The molecule has 0 bridgehead atoms. The molecule has 0 saturated heterocycles. The lowest BCUT2D eigenvalue weighted by atomic mass is 9.97. The van der Waals surface area contributed by atoms with Crippen molar-refractivity contribution in [2.75, 3.05) is 32.4 Å². The fraction of sp³-hybridized carbons (Fsp3) is 0.474. The van der Waals surface area contributed by atoms with Crippen molar-refractivity contribution in [1.29, 1.82) is 0 Å². The Kier molecular flexibility index (Phi) is 14.1. The van der Waals surface area contributed by atoms with Crippen LogP contribution in [0.25, 0.3) is 4.85 Å². The van der Waals surface area contributed by atoms with E-state index in [2.05, 4.69) is 44.1 Å². The molecule has 1 unspecified atom stereocenters. The Bertz CT molecular complexity index is 1730. The van der Waals surface area contributed by atoms with Gasteiger partial charge in [-0.1, -0.05) is 75.7 Å². The smallest absolute Gasteiger partial charge is 0.303 e. The zero-order chi connectivity index (χ0) is 37.2. The topological polar surface area (TPSA) is 116 Å². The molecule has 0 spiro atoms. The number of hydrogen-bond donors (Lipinski definition) is 1. The number of rotatable bonds is 20. The van der Waals surface area contributed by atoms with E-state index in [1.807, 2.05) is 18.2 Å². The van der Waals surface area contributed by atoms with Crippen molar-refractivity contribution >= 4 is 37.8 Å². The summed E-state index contributed by atoms with van der Waals surface area (Å²) in [4.78, 5) is 15.4. The minimum Gasteiger partial charge on any atom is -0.486 e. The van der Waals surface area contributed by atoms with Crippen molar-refractivity contribution in [1.82, 2.24) is 4.31 Å². The predicted molar refractivity (Wildman–Crippen MR) is 206 cm³/mol. The van der Waals surface area contributed by atoms with E-state index in [1.165, 1.54) is 4.31 Å². The summed E-state index contributed by atoms with van der Waals surface area (Å²) in [7, 11) is -6.71. The maximum atomic E-state index is 13.8. The molecule has 10 nitrogen and oxygen atoms in total. The van der Waals surface area contributed by atoms with Gasteiger partial charge in [0.05, 0.1) is 18.7 Å². The second-order valence-corrected chi connectivity index (χ2v) is 28.7. The van der Waals surface area contributed by atoms with Gasteiger partial charge in [-0.15, -0.1) is 0 Å². The van der Waals surface area contributed by atoms with Crippen molar-refractivity contribution in [3.05, 3.63) is 94.8 Å². The summed E-state index contributed by atoms with van der Waals surface area (Å²) < 4.78 is 53.0. The molecule has 0 fully saturated rings. The molecule has 0 heterocycles. The SMILES string of the molecule is [C-]#[N+]c1ccc(Oc2cccc3c2CC[C@H]3Oc2ccc(C(CC(=O)O)CS(=O)(=O)N(COCC[Si](C)(C)C)COCC[Si](C)(C)C)cc2)cc1. The average Bonchev–Trinajstić information content (AvgIpc) is 3.46. The quantitative estimate of drug-likeness (QED) is 0.0527. The Labute approximate surface area is 305 Å². The molecule has 1 N–H and O–H groups in total. The van der Waals surface area contributed by atoms with Gasteiger partial charge in [-0.05, 0) is 66.4 Å². The van der Waals surface area contributed by atoms with Crippen LogP contribution in [0.4, 0.5) is 5.69 Å². The van der Waals surface area contributed by atoms with Crippen molar-refractivity contribution in [2.24, 2.45) is 0 Å². The predicted octanol–water partition coefficient (Wildman–Crippen LogP) is 8.91. The number of nitrogens with zero attached hydrogens (tertiary/aromatic N) is 2. The number of carbonyl (C=O) groups is 1. The van der Waals surface area contributed by atoms with Crippen molar-refractivity contribution < 1.29 is 37.3 Å². The lowest BCUT2D eigenvalue weighted by Gasteiger charge is -2.26. The van der Waals surface area contributed by atoms with E-state index in [9.17, 15) is 18.3 Å². The lowest BCUT2D eigenvalue weighted by molar-refractivity contribution is -0.137. The Hall–Kier alpha value is -3.52. The van der Waals surface area contributed by atoms with Gasteiger partial charge in [0, 0.05) is 40.8 Å². The van der Waals surface area contributed by atoms with Crippen LogP contribution in [0.2, 0.25) is 51.4 Å². The first kappa shape index (κ1) is 40.3. The van der Waals surface area contributed by atoms with Crippen molar-refractivity contribution in [2.45, 2.75) is 82.7 Å². The highest BCUT2D eigenvalue weighted by Crippen LogP contribution is 2.41. The van der Waals surface area contributed by atoms with Gasteiger partial charge in [0.1, 0.15) is 36.8 Å². The fourth-order valence-electron chi connectivity index (χ4n) is 5.63. The molecule has 2 atom stereocenters. The molecule has 0 saturated carbocycles. The molecule has 0 radical (unpaired) electrons. The molecule has 1 aliphatic rings. The third-order valence-electron chi connectivity index (χ3n) is 8.69. The summed E-state index contributed by atoms with van der Waals surface area (Å²) in [5.41, 5.74) is 3.25. The van der Waals surface area contributed by atoms with Gasteiger partial charge in [0.25, 0.3) is 0 Å². The van der Waals surface area contributed by atoms with Crippen molar-refractivity contribution in [3.8, 4) is 17.2 Å². The summed E-state index contributed by atoms with van der Waals surface area (Å²) in [5.74, 6) is -0.261. The standard InChI is InChI=1S/C38H52N2O8SSi2/c1-39-31-13-17-33(18-14-31)47-36-10-8-9-34-35(36)19-20-37(34)48-32-15-11-29(12-16-32)30(25-38(41)42)26-49(43,44)40(27-45-21-23-50(2,3)4)28-46-22-24-51(5,6)7/h8-18,30,37H,19-28H2,2-7H3,(H,41,42)/t30?,37-/m1/s1. The lowest BCUT2D eigenvalue weighted by Crippen LogP contribution is -2.39. The van der Waals surface area contributed by atoms with Gasteiger partial charge >= 0.3 is 5.97 Å². The number of carboxylic acid groups (broad SMARTS) is 1. The normalized spacial score (nSPS) is 15.3. The largest absolute Gasteiger partial charge is 0.486 e. The van der Waals surface area contributed by atoms with E-state index in [1.54, 1.807) is 48.5 Å². The number of carboxylic acids is 1. The second kappa shape index (κ2) is 17.8. The van der Waals surface area contributed by atoms with Crippen LogP contribution in [0, 0.1) is 6.57 Å². The summed E-state index contributed by atoms with van der Waals surface area (Å²) in [5, 5.41) is 9.76. The number of aliphatic carboxylic acids is 1. The Morgan fingerprint density at radius 2 is 1.49 bits per heavy atom. The average molecular weight is 753 g/mol. The van der Waals surface area contributed by atoms with E-state index >= 15 is 0 Å². The molecular formula is C38H52N2O8SSi2. The second-order valence-electron chi connectivity index (χ2n) is 15.5. The molecule has 3 aromatic rings. The highest BCUT2D eigenvalue weighted by atomic mass is 32.2. The summed E-state index contributed by atoms with van der Waals surface area (Å²) in [6, 6.07) is 21.7. The first-order valence-electron chi connectivity index (χ1n) is 17.4. The highest BCUT2D eigenvalue weighted by molar-refractivity contribution is 7.89. The highest BCUT2D eigenvalue weighted by Gasteiger charge is 2.31. The third-order valence-corrected chi connectivity index (χ3v) is 13.9. The summed E-state index contributed by atoms with van der Waals surface area (Å²) in [6.07, 6.45) is 0.973. The van der Waals surface area contributed by atoms with E-state index in [-0.39, 0.29) is 26.0 Å². The number of fused-ring (bicyclic) bond motifs is 1. The zero-order valence-corrected chi connectivity index (χ0v) is 33.5. The fourth-order valence-corrected chi connectivity index (χ4v) is 8.64. The molecule has 0 amide bonds. The monoisotopic (exact) mass is 752 g/mol. The van der Waals surface area contributed by atoms with Gasteiger partial charge in [-0.3, -0.25) is 4.79 Å². The number of hydrogen-bond acceptors (Lipinski definition) is 7. The molecule has 0 aliphatic heterocycles. The van der Waals surface area contributed by atoms with Gasteiger partial charge < -0.3 is 24.1 Å². The maximum absolute atomic E-state index is 13.8. The van der Waals surface area contributed by atoms with Crippen LogP contribution >= 0.6 is 0 Å². The molecule has 3 aromatic carbocycles. The van der Waals surface area contributed by atoms with Crippen LogP contribution in [-0.4, -0.2) is 72.4 Å². The zero-order valence-electron chi connectivity index (χ0n) is 30.7. The number of benzene rings is 3. The first-order chi connectivity index (χ1) is 24.0. The third kappa shape index (κ3) is 12.9. The summed E-state index contributed by atoms with van der Waals surface area (Å²) in [6.45, 7) is 21.2. The van der Waals surface area contributed by atoms with E-state index in [0.29, 0.717) is 36.0 Å². The van der Waals surface area contributed by atoms with Gasteiger partial charge in [-0.25, -0.2) is 13.3 Å². The minimum absolute atomic E-state index is 0.142. The Morgan fingerprint density at radius 1 is 0.902 bits per heavy atom. The van der Waals surface area contributed by atoms with Crippen LogP contribution in [0.1, 0.15) is 41.6 Å². The Morgan fingerprint density at radius 3 is 2.04 bits per heavy atom. The van der Waals surface area contributed by atoms with Crippen LogP contribution in [0.5, 0.6) is 17.2 Å². The van der Waals surface area contributed by atoms with Crippen LogP contribution in [-0.2, 0) is 30.7 Å². The van der Waals surface area contributed by atoms with Gasteiger partial charge in [0.2, 0.25) is 10.0 Å². The number of ether oxygens (including phenoxy) is 4. The Balaban J connectivity index is 1.45. The van der Waals surface area contributed by atoms with Crippen LogP contribution < -0.4 is 9.47 Å². The maximum Gasteiger partial charge on any atom is 0.303 e. The first-order valence-corrected chi connectivity index (χ1v) is 26.4. The van der Waals surface area contributed by atoms with Crippen LogP contribution in [0.3, 0.4) is 0 Å². The molecule has 0 aromatic heterocycles. The molecule has 276 valence electrons. The molecule has 51 heavy (non-hydrogen) atoms. The van der Waals surface area contributed by atoms with Gasteiger partial charge in [-0.2, -0.15) is 4.31 Å². The minimum atomic E-state index is -3.95. The molecule has 13 heteroatoms. The van der Waals surface area contributed by atoms with Crippen LogP contribution in [0.15, 0.2) is 66.7 Å². The molecule has 1 aliphatic carbocycles. The van der Waals surface area contributed by atoms with E-state index in [4.69, 9.17) is 25.5 Å². The van der Waals surface area contributed by atoms with Crippen molar-refractivity contribution in [3.63, 3.8) is 0 Å². The number of sulfonamides is 1. The van der Waals surface area contributed by atoms with E-state index < -0.39 is 43.8 Å². The molecular weight excluding hydrogens is 701 g/mol. The van der Waals surface area contributed by atoms with Gasteiger partial charge in [0.15, 0.2) is 5.69 Å². The van der Waals surface area contributed by atoms with E-state index in [0.717, 1.165) is 41.8 Å². The summed E-state index contributed by atoms with van der Waals surface area (Å²) >= 11 is 0. The molecule has 4 rings (SSSR count).